The van der Waals surface area contributed by atoms with E-state index in [-0.39, 0.29) is 5.82 Å². The minimum Gasteiger partial charge on any atom is -0.313 e. The quantitative estimate of drug-likeness (QED) is 0.765. The molecule has 0 aliphatic rings. The molecule has 1 aromatic carbocycles. The van der Waals surface area contributed by atoms with Crippen molar-refractivity contribution in [2.75, 3.05) is 20.1 Å². The van der Waals surface area contributed by atoms with Crippen molar-refractivity contribution in [2.45, 2.75) is 39.3 Å². The first kappa shape index (κ1) is 15.1. The predicted molar refractivity (Wildman–Crippen MR) is 75.1 cm³/mol. The van der Waals surface area contributed by atoms with E-state index in [2.05, 4.69) is 24.1 Å². The van der Waals surface area contributed by atoms with Gasteiger partial charge in [0.25, 0.3) is 0 Å². The SMILES string of the molecule is CCCC(C)NCCN(C)Cc1ccccc1F. The molecule has 0 aliphatic heterocycles. The lowest BCUT2D eigenvalue weighted by Crippen LogP contribution is -2.34. The molecular weight excluding hydrogens is 227 g/mol. The molecule has 0 bridgehead atoms. The van der Waals surface area contributed by atoms with Crippen LogP contribution < -0.4 is 5.32 Å². The summed E-state index contributed by atoms with van der Waals surface area (Å²) < 4.78 is 13.5. The Morgan fingerprint density at radius 2 is 2.06 bits per heavy atom. The Balaban J connectivity index is 2.26. The molecule has 1 N–H and O–H groups in total. The predicted octanol–water partition coefficient (Wildman–Crippen LogP) is 3.04. The summed E-state index contributed by atoms with van der Waals surface area (Å²) in [4.78, 5) is 2.14. The zero-order chi connectivity index (χ0) is 13.4. The van der Waals surface area contributed by atoms with Crippen LogP contribution in [0.5, 0.6) is 0 Å². The van der Waals surface area contributed by atoms with Crippen molar-refractivity contribution in [1.29, 1.82) is 0 Å². The van der Waals surface area contributed by atoms with Crippen LogP contribution in [0.4, 0.5) is 4.39 Å². The Morgan fingerprint density at radius 1 is 1.33 bits per heavy atom. The second-order valence-corrected chi connectivity index (χ2v) is 4.97. The Kier molecular flexibility index (Phi) is 6.91. The van der Waals surface area contributed by atoms with Crippen LogP contribution in [-0.2, 0) is 6.54 Å². The summed E-state index contributed by atoms with van der Waals surface area (Å²) in [6, 6.07) is 7.54. The van der Waals surface area contributed by atoms with Crippen LogP contribution >= 0.6 is 0 Å². The Bertz CT molecular complexity index is 341. The van der Waals surface area contributed by atoms with Gasteiger partial charge < -0.3 is 10.2 Å². The van der Waals surface area contributed by atoms with Crippen LogP contribution in [0.1, 0.15) is 32.3 Å². The van der Waals surface area contributed by atoms with Gasteiger partial charge in [0.05, 0.1) is 0 Å². The molecule has 0 saturated carbocycles. The number of rotatable bonds is 8. The Labute approximate surface area is 110 Å². The molecule has 1 unspecified atom stereocenters. The van der Waals surface area contributed by atoms with Crippen LogP contribution in [0.25, 0.3) is 0 Å². The monoisotopic (exact) mass is 252 g/mol. The number of benzene rings is 1. The minimum absolute atomic E-state index is 0.114. The van der Waals surface area contributed by atoms with Crippen LogP contribution in [-0.4, -0.2) is 31.1 Å². The summed E-state index contributed by atoms with van der Waals surface area (Å²) in [6.07, 6.45) is 2.41. The van der Waals surface area contributed by atoms with Gasteiger partial charge in [0.1, 0.15) is 5.82 Å². The second kappa shape index (κ2) is 8.22. The molecule has 0 heterocycles. The smallest absolute Gasteiger partial charge is 0.127 e. The molecule has 0 fully saturated rings. The van der Waals surface area contributed by atoms with Gasteiger partial charge in [-0.1, -0.05) is 31.5 Å². The summed E-state index contributed by atoms with van der Waals surface area (Å²) >= 11 is 0. The molecule has 0 radical (unpaired) electrons. The van der Waals surface area contributed by atoms with Gasteiger partial charge in [-0.3, -0.25) is 0 Å². The van der Waals surface area contributed by atoms with Gasteiger partial charge in [-0.2, -0.15) is 0 Å². The van der Waals surface area contributed by atoms with Crippen LogP contribution in [0.3, 0.4) is 0 Å². The fourth-order valence-electron chi connectivity index (χ4n) is 2.03. The number of likely N-dealkylation sites (N-methyl/N-ethyl adjacent to an activating group) is 1. The second-order valence-electron chi connectivity index (χ2n) is 4.97. The van der Waals surface area contributed by atoms with Crippen LogP contribution in [0.2, 0.25) is 0 Å². The maximum absolute atomic E-state index is 13.5. The lowest BCUT2D eigenvalue weighted by atomic mass is 10.2. The third-order valence-corrected chi connectivity index (χ3v) is 3.11. The van der Waals surface area contributed by atoms with E-state index in [0.29, 0.717) is 12.6 Å². The van der Waals surface area contributed by atoms with Crippen molar-refractivity contribution in [3.8, 4) is 0 Å². The molecule has 0 saturated heterocycles. The Morgan fingerprint density at radius 3 is 2.72 bits per heavy atom. The standard InChI is InChI=1S/C15H25FN2/c1-4-7-13(2)17-10-11-18(3)12-14-8-5-6-9-15(14)16/h5-6,8-9,13,17H,4,7,10-12H2,1-3H3. The maximum atomic E-state index is 13.5. The molecule has 1 rings (SSSR count). The first-order chi connectivity index (χ1) is 8.63. The lowest BCUT2D eigenvalue weighted by Gasteiger charge is -2.19. The zero-order valence-corrected chi connectivity index (χ0v) is 11.7. The summed E-state index contributed by atoms with van der Waals surface area (Å²) in [5.41, 5.74) is 0.765. The molecule has 2 nitrogen and oxygen atoms in total. The van der Waals surface area contributed by atoms with Gasteiger partial charge in [0.15, 0.2) is 0 Å². The van der Waals surface area contributed by atoms with E-state index in [4.69, 9.17) is 0 Å². The van der Waals surface area contributed by atoms with Crippen molar-refractivity contribution in [2.24, 2.45) is 0 Å². The average molecular weight is 252 g/mol. The summed E-state index contributed by atoms with van der Waals surface area (Å²) in [5.74, 6) is -0.114. The highest BCUT2D eigenvalue weighted by molar-refractivity contribution is 5.16. The molecule has 18 heavy (non-hydrogen) atoms. The summed E-state index contributed by atoms with van der Waals surface area (Å²) in [5, 5.41) is 3.48. The van der Waals surface area contributed by atoms with Gasteiger partial charge >= 0.3 is 0 Å². The van der Waals surface area contributed by atoms with E-state index in [1.54, 1.807) is 6.07 Å². The third kappa shape index (κ3) is 5.61. The molecule has 0 amide bonds. The summed E-state index contributed by atoms with van der Waals surface area (Å²) in [7, 11) is 2.03. The zero-order valence-electron chi connectivity index (χ0n) is 11.7. The molecule has 102 valence electrons. The van der Waals surface area contributed by atoms with E-state index in [9.17, 15) is 4.39 Å². The van der Waals surface area contributed by atoms with E-state index in [1.165, 1.54) is 18.9 Å². The average Bonchev–Trinajstić information content (AvgIpc) is 2.32. The van der Waals surface area contributed by atoms with Crippen molar-refractivity contribution < 1.29 is 4.39 Å². The maximum Gasteiger partial charge on any atom is 0.127 e. The topological polar surface area (TPSA) is 15.3 Å². The van der Waals surface area contributed by atoms with Gasteiger partial charge in [-0.15, -0.1) is 0 Å². The van der Waals surface area contributed by atoms with Gasteiger partial charge in [-0.25, -0.2) is 4.39 Å². The largest absolute Gasteiger partial charge is 0.313 e. The van der Waals surface area contributed by atoms with Gasteiger partial charge in [0, 0.05) is 31.2 Å². The van der Waals surface area contributed by atoms with E-state index >= 15 is 0 Å². The number of halogens is 1. The highest BCUT2D eigenvalue weighted by atomic mass is 19.1. The first-order valence-electron chi connectivity index (χ1n) is 6.78. The van der Waals surface area contributed by atoms with Crippen LogP contribution in [0.15, 0.2) is 24.3 Å². The highest BCUT2D eigenvalue weighted by Gasteiger charge is 2.05. The minimum atomic E-state index is -0.114. The molecule has 3 heteroatoms. The van der Waals surface area contributed by atoms with Crippen LogP contribution in [0, 0.1) is 5.82 Å². The Hall–Kier alpha value is -0.930. The molecular formula is C15H25FN2. The van der Waals surface area contributed by atoms with Crippen molar-refractivity contribution >= 4 is 0 Å². The van der Waals surface area contributed by atoms with Crippen molar-refractivity contribution in [3.05, 3.63) is 35.6 Å². The van der Waals surface area contributed by atoms with Crippen molar-refractivity contribution in [3.63, 3.8) is 0 Å². The first-order valence-corrected chi connectivity index (χ1v) is 6.78. The van der Waals surface area contributed by atoms with E-state index in [1.807, 2.05) is 19.2 Å². The van der Waals surface area contributed by atoms with Gasteiger partial charge in [0.2, 0.25) is 0 Å². The molecule has 0 aliphatic carbocycles. The summed E-state index contributed by atoms with van der Waals surface area (Å²) in [6.45, 7) is 6.95. The fraction of sp³-hybridized carbons (Fsp3) is 0.600. The van der Waals surface area contributed by atoms with E-state index in [0.717, 1.165) is 18.7 Å². The highest BCUT2D eigenvalue weighted by Crippen LogP contribution is 2.08. The molecule has 0 spiro atoms. The molecule has 0 aromatic heterocycles. The number of nitrogens with zero attached hydrogens (tertiary/aromatic N) is 1. The normalized spacial score (nSPS) is 12.9. The number of hydrogen-bond donors (Lipinski definition) is 1. The number of nitrogens with one attached hydrogen (secondary N) is 1. The lowest BCUT2D eigenvalue weighted by molar-refractivity contribution is 0.311. The third-order valence-electron chi connectivity index (χ3n) is 3.11. The fourth-order valence-corrected chi connectivity index (χ4v) is 2.03. The van der Waals surface area contributed by atoms with Crippen molar-refractivity contribution in [1.82, 2.24) is 10.2 Å². The van der Waals surface area contributed by atoms with Gasteiger partial charge in [-0.05, 0) is 26.5 Å². The molecule has 1 atom stereocenters. The molecule has 1 aromatic rings. The number of hydrogen-bond acceptors (Lipinski definition) is 2. The van der Waals surface area contributed by atoms with E-state index < -0.39 is 0 Å².